The molecule has 0 saturated carbocycles. The monoisotopic (exact) mass is 148 g/mol. The minimum atomic E-state index is 0. The molecule has 0 fully saturated rings. The first-order chi connectivity index (χ1) is 3.79. The summed E-state index contributed by atoms with van der Waals surface area (Å²) in [5, 5.41) is 0. The van der Waals surface area contributed by atoms with E-state index < -0.39 is 0 Å². The van der Waals surface area contributed by atoms with Crippen LogP contribution in [0.15, 0.2) is 24.3 Å². The molecule has 9 heavy (non-hydrogen) atoms. The Bertz CT molecular complexity index is 143. The van der Waals surface area contributed by atoms with E-state index in [1.54, 1.807) is 0 Å². The standard InChI is InChI=1S/C8H10.Ca.2H/c1-7-3-5-8(2)6-4-7;;;/h3-6H,1-2H3;;;. The van der Waals surface area contributed by atoms with Crippen molar-refractivity contribution in [3.05, 3.63) is 35.4 Å². The summed E-state index contributed by atoms with van der Waals surface area (Å²) in [6.07, 6.45) is 0. The Labute approximate surface area is 86.3 Å². The van der Waals surface area contributed by atoms with Gasteiger partial charge in [0.1, 0.15) is 0 Å². The Morgan fingerprint density at radius 3 is 1.22 bits per heavy atom. The van der Waals surface area contributed by atoms with Crippen molar-refractivity contribution >= 4 is 37.7 Å². The van der Waals surface area contributed by atoms with Crippen LogP contribution in [0.5, 0.6) is 0 Å². The summed E-state index contributed by atoms with van der Waals surface area (Å²) in [7, 11) is 0. The van der Waals surface area contributed by atoms with Crippen LogP contribution < -0.4 is 0 Å². The molecule has 0 unspecified atom stereocenters. The Morgan fingerprint density at radius 1 is 0.778 bits per heavy atom. The van der Waals surface area contributed by atoms with Gasteiger partial charge in [0.05, 0.1) is 0 Å². The van der Waals surface area contributed by atoms with E-state index in [0.717, 1.165) is 0 Å². The number of hydrogen-bond donors (Lipinski definition) is 0. The van der Waals surface area contributed by atoms with Crippen molar-refractivity contribution in [2.75, 3.05) is 0 Å². The molecule has 0 spiro atoms. The van der Waals surface area contributed by atoms with Crippen molar-refractivity contribution in [1.82, 2.24) is 0 Å². The van der Waals surface area contributed by atoms with Gasteiger partial charge in [0, 0.05) is 0 Å². The topological polar surface area (TPSA) is 0 Å². The summed E-state index contributed by atoms with van der Waals surface area (Å²) in [6.45, 7) is 4.19. The van der Waals surface area contributed by atoms with Crippen LogP contribution in [0.25, 0.3) is 0 Å². The molecule has 0 bridgehead atoms. The van der Waals surface area contributed by atoms with Gasteiger partial charge in [-0.15, -0.1) is 0 Å². The molecule has 0 aliphatic heterocycles. The van der Waals surface area contributed by atoms with E-state index in [1.165, 1.54) is 11.1 Å². The van der Waals surface area contributed by atoms with E-state index in [4.69, 9.17) is 0 Å². The first-order valence-corrected chi connectivity index (χ1v) is 2.82. The second kappa shape index (κ2) is 4.32. The zero-order valence-electron chi connectivity index (χ0n) is 5.31. The molecule has 46 valence electrons. The summed E-state index contributed by atoms with van der Waals surface area (Å²) in [4.78, 5) is 0. The second-order valence-electron chi connectivity index (χ2n) is 2.15. The van der Waals surface area contributed by atoms with Gasteiger partial charge < -0.3 is 0 Å². The Kier molecular flexibility index (Phi) is 4.55. The third kappa shape index (κ3) is 3.24. The van der Waals surface area contributed by atoms with Crippen LogP contribution in [0.2, 0.25) is 0 Å². The Morgan fingerprint density at radius 2 is 1.00 bits per heavy atom. The van der Waals surface area contributed by atoms with E-state index in [9.17, 15) is 0 Å². The van der Waals surface area contributed by atoms with Crippen molar-refractivity contribution in [2.24, 2.45) is 0 Å². The van der Waals surface area contributed by atoms with Gasteiger partial charge in [-0.25, -0.2) is 0 Å². The number of rotatable bonds is 0. The molecule has 0 amide bonds. The Balaban J connectivity index is 0.000000640. The molecule has 1 heteroatoms. The summed E-state index contributed by atoms with van der Waals surface area (Å²) < 4.78 is 0. The van der Waals surface area contributed by atoms with E-state index in [0.29, 0.717) is 0 Å². The molecule has 0 heterocycles. The van der Waals surface area contributed by atoms with Crippen LogP contribution in [0.4, 0.5) is 0 Å². The van der Waals surface area contributed by atoms with E-state index in [1.807, 2.05) is 0 Å². The van der Waals surface area contributed by atoms with E-state index in [2.05, 4.69) is 38.1 Å². The molecule has 1 rings (SSSR count). The SMILES string of the molecule is Cc1ccc(C)cc1.[CaH2]. The van der Waals surface area contributed by atoms with Crippen molar-refractivity contribution in [3.8, 4) is 0 Å². The number of hydrogen-bond acceptors (Lipinski definition) is 0. The summed E-state index contributed by atoms with van der Waals surface area (Å²) in [6, 6.07) is 8.48. The fraction of sp³-hybridized carbons (Fsp3) is 0.250. The fourth-order valence-electron chi connectivity index (χ4n) is 0.637. The van der Waals surface area contributed by atoms with Crippen molar-refractivity contribution in [1.29, 1.82) is 0 Å². The van der Waals surface area contributed by atoms with Crippen molar-refractivity contribution in [2.45, 2.75) is 13.8 Å². The molecule has 0 aliphatic carbocycles. The first kappa shape index (κ1) is 9.48. The van der Waals surface area contributed by atoms with Crippen molar-refractivity contribution < 1.29 is 0 Å². The maximum absolute atomic E-state index is 2.12. The van der Waals surface area contributed by atoms with Gasteiger partial charge in [0.25, 0.3) is 0 Å². The zero-order chi connectivity index (χ0) is 5.98. The van der Waals surface area contributed by atoms with Gasteiger partial charge in [0.15, 0.2) is 0 Å². The maximum atomic E-state index is 2.12. The molecule has 1 aromatic rings. The van der Waals surface area contributed by atoms with Gasteiger partial charge in [-0.2, -0.15) is 0 Å². The average Bonchev–Trinajstić information content (AvgIpc) is 1.77. The predicted molar refractivity (Wildman–Crippen MR) is 44.5 cm³/mol. The average molecular weight is 148 g/mol. The number of benzene rings is 1. The van der Waals surface area contributed by atoms with Crippen LogP contribution in [0.1, 0.15) is 11.1 Å². The molecular formula is C8H12Ca. The molecule has 0 nitrogen and oxygen atoms in total. The molecule has 0 atom stereocenters. The summed E-state index contributed by atoms with van der Waals surface area (Å²) in [5.41, 5.74) is 2.66. The third-order valence-corrected chi connectivity index (χ3v) is 1.22. The van der Waals surface area contributed by atoms with Gasteiger partial charge >= 0.3 is 37.7 Å². The molecular weight excluding hydrogens is 136 g/mol. The third-order valence-electron chi connectivity index (χ3n) is 1.22. The molecule has 0 aliphatic rings. The predicted octanol–water partition coefficient (Wildman–Crippen LogP) is 1.39. The van der Waals surface area contributed by atoms with Crippen LogP contribution in [-0.4, -0.2) is 37.7 Å². The molecule has 0 aromatic heterocycles. The molecule has 0 radical (unpaired) electrons. The number of aryl methyl sites for hydroxylation is 2. The summed E-state index contributed by atoms with van der Waals surface area (Å²) >= 11 is 0. The Hall–Kier alpha value is 0.480. The molecule has 0 N–H and O–H groups in total. The fourth-order valence-corrected chi connectivity index (χ4v) is 0.637. The quantitative estimate of drug-likeness (QED) is 0.488. The van der Waals surface area contributed by atoms with Gasteiger partial charge in [-0.3, -0.25) is 0 Å². The van der Waals surface area contributed by atoms with E-state index in [-0.39, 0.29) is 37.7 Å². The second-order valence-corrected chi connectivity index (χ2v) is 2.15. The van der Waals surface area contributed by atoms with Gasteiger partial charge in [-0.1, -0.05) is 35.4 Å². The normalized spacial score (nSPS) is 8.22. The van der Waals surface area contributed by atoms with Crippen LogP contribution >= 0.6 is 0 Å². The minimum absolute atomic E-state index is 0. The summed E-state index contributed by atoms with van der Waals surface area (Å²) in [5.74, 6) is 0. The first-order valence-electron chi connectivity index (χ1n) is 2.82. The van der Waals surface area contributed by atoms with Crippen LogP contribution in [0.3, 0.4) is 0 Å². The zero-order valence-corrected chi connectivity index (χ0v) is 5.31. The van der Waals surface area contributed by atoms with Crippen molar-refractivity contribution in [3.63, 3.8) is 0 Å². The van der Waals surface area contributed by atoms with Gasteiger partial charge in [0.2, 0.25) is 0 Å². The molecule has 0 saturated heterocycles. The van der Waals surface area contributed by atoms with Crippen LogP contribution in [-0.2, 0) is 0 Å². The molecule has 1 aromatic carbocycles. The van der Waals surface area contributed by atoms with Crippen LogP contribution in [0, 0.1) is 13.8 Å². The van der Waals surface area contributed by atoms with E-state index >= 15 is 0 Å². The van der Waals surface area contributed by atoms with Gasteiger partial charge in [-0.05, 0) is 13.8 Å².